The number of hydrogen-bond donors (Lipinski definition) is 1. The highest BCUT2D eigenvalue weighted by atomic mass is 32.1. The van der Waals surface area contributed by atoms with E-state index in [0.717, 1.165) is 18.7 Å². The van der Waals surface area contributed by atoms with Crippen molar-refractivity contribution < 1.29 is 0 Å². The van der Waals surface area contributed by atoms with Crippen molar-refractivity contribution in [3.63, 3.8) is 0 Å². The van der Waals surface area contributed by atoms with Crippen LogP contribution in [0.3, 0.4) is 0 Å². The fourth-order valence-corrected chi connectivity index (χ4v) is 2.85. The Morgan fingerprint density at radius 2 is 2.38 bits per heavy atom. The number of hydrogen-bond acceptors (Lipinski definition) is 3. The van der Waals surface area contributed by atoms with Crippen molar-refractivity contribution in [3.05, 3.63) is 40.1 Å². The van der Waals surface area contributed by atoms with Crippen LogP contribution in [0.2, 0.25) is 0 Å². The van der Waals surface area contributed by atoms with Gasteiger partial charge in [0.25, 0.3) is 0 Å². The first-order valence-electron chi connectivity index (χ1n) is 5.50. The maximum Gasteiger partial charge on any atom is 0.110 e. The van der Waals surface area contributed by atoms with Crippen molar-refractivity contribution in [1.82, 2.24) is 9.55 Å². The summed E-state index contributed by atoms with van der Waals surface area (Å²) in [7, 11) is 2.00. The molecule has 2 aromatic heterocycles. The van der Waals surface area contributed by atoms with E-state index in [4.69, 9.17) is 5.73 Å². The van der Waals surface area contributed by atoms with Gasteiger partial charge >= 0.3 is 0 Å². The Bertz CT molecular complexity index is 458. The molecule has 4 heteroatoms. The van der Waals surface area contributed by atoms with Crippen molar-refractivity contribution >= 4 is 11.3 Å². The van der Waals surface area contributed by atoms with Crippen LogP contribution in [0.1, 0.15) is 29.2 Å². The third kappa shape index (κ3) is 2.18. The molecule has 2 aromatic rings. The average Bonchev–Trinajstić information content (AvgIpc) is 2.87. The average molecular weight is 235 g/mol. The van der Waals surface area contributed by atoms with Gasteiger partial charge in [0.1, 0.15) is 5.82 Å². The number of nitrogens with two attached hydrogens (primary N) is 1. The topological polar surface area (TPSA) is 43.8 Å². The lowest BCUT2D eigenvalue weighted by atomic mass is 10.1. The van der Waals surface area contributed by atoms with Crippen LogP contribution in [0.25, 0.3) is 0 Å². The minimum atomic E-state index is 0.0658. The zero-order chi connectivity index (χ0) is 11.5. The van der Waals surface area contributed by atoms with Crippen molar-refractivity contribution in [2.75, 3.05) is 0 Å². The summed E-state index contributed by atoms with van der Waals surface area (Å²) in [6.07, 6.45) is 5.62. The number of imidazole rings is 1. The molecule has 0 radical (unpaired) electrons. The minimum absolute atomic E-state index is 0.0658. The third-order valence-corrected chi connectivity index (χ3v) is 3.91. The summed E-state index contributed by atoms with van der Waals surface area (Å²) in [5.74, 6) is 1.04. The molecule has 0 spiro atoms. The Labute approximate surface area is 99.9 Å². The first-order chi connectivity index (χ1) is 7.72. The second kappa shape index (κ2) is 4.80. The highest BCUT2D eigenvalue weighted by Crippen LogP contribution is 2.25. The van der Waals surface area contributed by atoms with E-state index in [1.54, 1.807) is 11.3 Å². The summed E-state index contributed by atoms with van der Waals surface area (Å²) < 4.78 is 2.03. The molecule has 0 bridgehead atoms. The van der Waals surface area contributed by atoms with Crippen LogP contribution in [0.15, 0.2) is 23.8 Å². The number of aryl methyl sites for hydroxylation is 2. The summed E-state index contributed by atoms with van der Waals surface area (Å²) in [5, 5.41) is 2.12. The van der Waals surface area contributed by atoms with Gasteiger partial charge in [0.05, 0.1) is 0 Å². The molecular weight excluding hydrogens is 218 g/mol. The molecule has 2 N–H and O–H groups in total. The van der Waals surface area contributed by atoms with Gasteiger partial charge in [0.2, 0.25) is 0 Å². The summed E-state index contributed by atoms with van der Waals surface area (Å²) >= 11 is 1.75. The normalized spacial score (nSPS) is 12.9. The van der Waals surface area contributed by atoms with Crippen LogP contribution >= 0.6 is 11.3 Å². The number of nitrogens with zero attached hydrogens (tertiary/aromatic N) is 2. The molecule has 86 valence electrons. The molecule has 0 amide bonds. The van der Waals surface area contributed by atoms with Crippen molar-refractivity contribution in [1.29, 1.82) is 0 Å². The van der Waals surface area contributed by atoms with E-state index in [9.17, 15) is 0 Å². The molecule has 0 fully saturated rings. The largest absolute Gasteiger partial charge is 0.338 e. The maximum atomic E-state index is 6.23. The van der Waals surface area contributed by atoms with Crippen LogP contribution in [-0.2, 0) is 19.9 Å². The minimum Gasteiger partial charge on any atom is -0.338 e. The molecule has 0 aromatic carbocycles. The van der Waals surface area contributed by atoms with E-state index in [0.29, 0.717) is 0 Å². The fraction of sp³-hybridized carbons (Fsp3) is 0.417. The van der Waals surface area contributed by atoms with Crippen LogP contribution in [-0.4, -0.2) is 9.55 Å². The van der Waals surface area contributed by atoms with Gasteiger partial charge in [0.15, 0.2) is 0 Å². The Hall–Kier alpha value is -1.13. The summed E-state index contributed by atoms with van der Waals surface area (Å²) in [6.45, 7) is 2.17. The van der Waals surface area contributed by atoms with E-state index in [1.165, 1.54) is 10.4 Å². The molecule has 0 saturated carbocycles. The van der Waals surface area contributed by atoms with E-state index in [1.807, 2.05) is 24.0 Å². The Morgan fingerprint density at radius 3 is 3.00 bits per heavy atom. The third-order valence-electron chi connectivity index (χ3n) is 2.82. The molecule has 16 heavy (non-hydrogen) atoms. The van der Waals surface area contributed by atoms with Gasteiger partial charge < -0.3 is 10.3 Å². The predicted octanol–water partition coefficient (Wildman–Crippen LogP) is 2.29. The SMILES string of the molecule is CCc1ccsc1C(N)Cc1nccn1C. The molecule has 1 unspecified atom stereocenters. The molecule has 0 aliphatic rings. The van der Waals surface area contributed by atoms with Gasteiger partial charge in [-0.1, -0.05) is 6.92 Å². The molecule has 0 saturated heterocycles. The van der Waals surface area contributed by atoms with E-state index in [2.05, 4.69) is 23.4 Å². The number of aromatic nitrogens is 2. The number of rotatable bonds is 4. The quantitative estimate of drug-likeness (QED) is 0.883. The summed E-state index contributed by atoms with van der Waals surface area (Å²) in [6, 6.07) is 2.23. The van der Waals surface area contributed by atoms with Crippen LogP contribution < -0.4 is 5.73 Å². The Morgan fingerprint density at radius 1 is 1.56 bits per heavy atom. The molecule has 1 atom stereocenters. The standard InChI is InChI=1S/C12H17N3S/c1-3-9-4-7-16-12(9)10(13)8-11-14-5-6-15(11)2/h4-7,10H,3,8,13H2,1-2H3. The predicted molar refractivity (Wildman–Crippen MR) is 67.5 cm³/mol. The second-order valence-corrected chi connectivity index (χ2v) is 4.88. The van der Waals surface area contributed by atoms with Gasteiger partial charge in [-0.2, -0.15) is 0 Å². The number of thiophene rings is 1. The molecule has 0 aliphatic carbocycles. The maximum absolute atomic E-state index is 6.23. The lowest BCUT2D eigenvalue weighted by Crippen LogP contribution is -2.15. The van der Waals surface area contributed by atoms with Crippen LogP contribution in [0, 0.1) is 0 Å². The van der Waals surface area contributed by atoms with Crippen molar-refractivity contribution in [2.24, 2.45) is 12.8 Å². The molecular formula is C12H17N3S. The highest BCUT2D eigenvalue weighted by Gasteiger charge is 2.14. The van der Waals surface area contributed by atoms with Gasteiger partial charge in [-0.3, -0.25) is 0 Å². The van der Waals surface area contributed by atoms with Crippen molar-refractivity contribution in [2.45, 2.75) is 25.8 Å². The van der Waals surface area contributed by atoms with Gasteiger partial charge in [-0.15, -0.1) is 11.3 Å². The molecule has 3 nitrogen and oxygen atoms in total. The second-order valence-electron chi connectivity index (χ2n) is 3.93. The summed E-state index contributed by atoms with van der Waals surface area (Å²) in [5.41, 5.74) is 7.60. The van der Waals surface area contributed by atoms with Crippen LogP contribution in [0.4, 0.5) is 0 Å². The first-order valence-corrected chi connectivity index (χ1v) is 6.38. The van der Waals surface area contributed by atoms with Gasteiger partial charge in [0, 0.05) is 36.8 Å². The van der Waals surface area contributed by atoms with Crippen molar-refractivity contribution in [3.8, 4) is 0 Å². The molecule has 2 rings (SSSR count). The fourth-order valence-electron chi connectivity index (χ4n) is 1.85. The highest BCUT2D eigenvalue weighted by molar-refractivity contribution is 7.10. The zero-order valence-corrected chi connectivity index (χ0v) is 10.5. The Balaban J connectivity index is 2.14. The summed E-state index contributed by atoms with van der Waals surface area (Å²) in [4.78, 5) is 5.61. The smallest absolute Gasteiger partial charge is 0.110 e. The zero-order valence-electron chi connectivity index (χ0n) is 9.68. The van der Waals surface area contributed by atoms with E-state index < -0.39 is 0 Å². The van der Waals surface area contributed by atoms with Gasteiger partial charge in [-0.05, 0) is 23.4 Å². The monoisotopic (exact) mass is 235 g/mol. The van der Waals surface area contributed by atoms with Gasteiger partial charge in [-0.25, -0.2) is 4.98 Å². The van der Waals surface area contributed by atoms with Crippen LogP contribution in [0.5, 0.6) is 0 Å². The lowest BCUT2D eigenvalue weighted by molar-refractivity contribution is 0.664. The first kappa shape index (κ1) is 11.4. The van der Waals surface area contributed by atoms with E-state index >= 15 is 0 Å². The molecule has 2 heterocycles. The lowest BCUT2D eigenvalue weighted by Gasteiger charge is -2.11. The Kier molecular flexibility index (Phi) is 3.41. The van der Waals surface area contributed by atoms with E-state index in [-0.39, 0.29) is 6.04 Å². The molecule has 0 aliphatic heterocycles.